The van der Waals surface area contributed by atoms with E-state index in [0.717, 1.165) is 11.1 Å². The van der Waals surface area contributed by atoms with Crippen molar-refractivity contribution in [1.29, 1.82) is 0 Å². The van der Waals surface area contributed by atoms with E-state index in [1.807, 2.05) is 31.2 Å². The van der Waals surface area contributed by atoms with E-state index in [9.17, 15) is 8.42 Å². The van der Waals surface area contributed by atoms with Crippen LogP contribution >= 0.6 is 27.5 Å². The minimum absolute atomic E-state index is 0.0910. The SMILES string of the molecule is Cc1cccc(CN(C)S(=O)(=O)c2cc(CCl)oc2Br)c1. The van der Waals surface area contributed by atoms with Gasteiger partial charge in [-0.25, -0.2) is 8.42 Å². The summed E-state index contributed by atoms with van der Waals surface area (Å²) in [4.78, 5) is 0.0910. The lowest BCUT2D eigenvalue weighted by molar-refractivity contribution is 0.460. The number of benzene rings is 1. The Bertz CT molecular complexity index is 742. The first-order chi connectivity index (χ1) is 9.84. The fourth-order valence-corrected chi connectivity index (χ4v) is 4.21. The molecule has 21 heavy (non-hydrogen) atoms. The van der Waals surface area contributed by atoms with Crippen LogP contribution in [0.15, 0.2) is 44.3 Å². The number of nitrogens with zero attached hydrogens (tertiary/aromatic N) is 1. The number of aryl methyl sites for hydroxylation is 1. The zero-order chi connectivity index (χ0) is 15.6. The van der Waals surface area contributed by atoms with Gasteiger partial charge in [-0.05, 0) is 28.4 Å². The van der Waals surface area contributed by atoms with Crippen molar-refractivity contribution in [1.82, 2.24) is 4.31 Å². The molecule has 0 atom stereocenters. The van der Waals surface area contributed by atoms with E-state index in [-0.39, 0.29) is 22.0 Å². The third-order valence-corrected chi connectivity index (χ3v) is 5.94. The zero-order valence-electron chi connectivity index (χ0n) is 11.6. The van der Waals surface area contributed by atoms with E-state index in [1.165, 1.54) is 17.4 Å². The van der Waals surface area contributed by atoms with E-state index >= 15 is 0 Å². The molecule has 0 bridgehead atoms. The highest BCUT2D eigenvalue weighted by Gasteiger charge is 2.27. The van der Waals surface area contributed by atoms with Gasteiger partial charge in [0.25, 0.3) is 0 Å². The molecule has 2 aromatic rings. The first-order valence-corrected chi connectivity index (χ1v) is 8.97. The minimum Gasteiger partial charge on any atom is -0.452 e. The van der Waals surface area contributed by atoms with Crippen LogP contribution in [-0.2, 0) is 22.4 Å². The van der Waals surface area contributed by atoms with Crippen LogP contribution < -0.4 is 0 Å². The molecule has 0 aliphatic rings. The average Bonchev–Trinajstić information content (AvgIpc) is 2.80. The molecule has 0 aliphatic carbocycles. The maximum absolute atomic E-state index is 12.6. The van der Waals surface area contributed by atoms with E-state index in [4.69, 9.17) is 16.0 Å². The Morgan fingerprint density at radius 1 is 1.33 bits per heavy atom. The normalized spacial score (nSPS) is 12.0. The van der Waals surface area contributed by atoms with Gasteiger partial charge < -0.3 is 4.42 Å². The quantitative estimate of drug-likeness (QED) is 0.725. The molecule has 0 N–H and O–H groups in total. The van der Waals surface area contributed by atoms with Crippen molar-refractivity contribution in [3.05, 3.63) is 51.9 Å². The Kier molecular flexibility index (Phi) is 5.14. The van der Waals surface area contributed by atoms with Crippen molar-refractivity contribution in [3.8, 4) is 0 Å². The van der Waals surface area contributed by atoms with Crippen LogP contribution in [0, 0.1) is 6.92 Å². The Balaban J connectivity index is 2.28. The van der Waals surface area contributed by atoms with Gasteiger partial charge in [0.05, 0.1) is 5.88 Å². The Labute approximate surface area is 137 Å². The van der Waals surface area contributed by atoms with Crippen LogP contribution in [0.4, 0.5) is 0 Å². The van der Waals surface area contributed by atoms with Crippen molar-refractivity contribution >= 4 is 37.6 Å². The van der Waals surface area contributed by atoms with Crippen LogP contribution in [0.3, 0.4) is 0 Å². The minimum atomic E-state index is -3.64. The molecule has 0 aliphatic heterocycles. The van der Waals surface area contributed by atoms with E-state index < -0.39 is 10.0 Å². The van der Waals surface area contributed by atoms with Gasteiger partial charge >= 0.3 is 0 Å². The first-order valence-electron chi connectivity index (χ1n) is 6.20. The number of hydrogen-bond donors (Lipinski definition) is 0. The lowest BCUT2D eigenvalue weighted by Gasteiger charge is -2.16. The average molecular weight is 393 g/mol. The molecule has 1 heterocycles. The molecule has 0 fully saturated rings. The smallest absolute Gasteiger partial charge is 0.247 e. The highest BCUT2D eigenvalue weighted by Crippen LogP contribution is 2.29. The second-order valence-corrected chi connectivity index (χ2v) is 7.74. The summed E-state index contributed by atoms with van der Waals surface area (Å²) < 4.78 is 31.8. The third-order valence-electron chi connectivity index (χ3n) is 3.01. The van der Waals surface area contributed by atoms with Crippen LogP contribution in [0.2, 0.25) is 0 Å². The highest BCUT2D eigenvalue weighted by atomic mass is 79.9. The van der Waals surface area contributed by atoms with Gasteiger partial charge in [-0.15, -0.1) is 11.6 Å². The molecule has 4 nitrogen and oxygen atoms in total. The molecule has 7 heteroatoms. The number of sulfonamides is 1. The zero-order valence-corrected chi connectivity index (χ0v) is 14.8. The van der Waals surface area contributed by atoms with Gasteiger partial charge in [-0.1, -0.05) is 29.8 Å². The molecule has 0 spiro atoms. The van der Waals surface area contributed by atoms with Crippen molar-refractivity contribution in [3.63, 3.8) is 0 Å². The van der Waals surface area contributed by atoms with Crippen molar-refractivity contribution in [2.75, 3.05) is 7.05 Å². The highest BCUT2D eigenvalue weighted by molar-refractivity contribution is 9.10. The van der Waals surface area contributed by atoms with Gasteiger partial charge in [0.1, 0.15) is 10.7 Å². The summed E-state index contributed by atoms with van der Waals surface area (Å²) in [5.74, 6) is 0.529. The van der Waals surface area contributed by atoms with E-state index in [1.54, 1.807) is 0 Å². The molecule has 2 rings (SSSR count). The second kappa shape index (κ2) is 6.52. The predicted octanol–water partition coefficient (Wildman–Crippen LogP) is 3.91. The Morgan fingerprint density at radius 3 is 2.62 bits per heavy atom. The Morgan fingerprint density at radius 2 is 2.05 bits per heavy atom. The topological polar surface area (TPSA) is 50.5 Å². The number of rotatable bonds is 5. The number of alkyl halides is 1. The fraction of sp³-hybridized carbons (Fsp3) is 0.286. The fourth-order valence-electron chi connectivity index (χ4n) is 1.96. The van der Waals surface area contributed by atoms with E-state index in [0.29, 0.717) is 5.76 Å². The molecule has 1 aromatic heterocycles. The molecule has 0 unspecified atom stereocenters. The maximum Gasteiger partial charge on any atom is 0.247 e. The predicted molar refractivity (Wildman–Crippen MR) is 85.8 cm³/mol. The Hall–Kier alpha value is -0.820. The second-order valence-electron chi connectivity index (χ2n) is 4.73. The van der Waals surface area contributed by atoms with Gasteiger partial charge in [0.2, 0.25) is 10.0 Å². The summed E-state index contributed by atoms with van der Waals surface area (Å²) in [5.41, 5.74) is 2.02. The van der Waals surface area contributed by atoms with Crippen LogP contribution in [0.25, 0.3) is 0 Å². The molecule has 1 aromatic carbocycles. The number of furan rings is 1. The van der Waals surface area contributed by atoms with Crippen molar-refractivity contribution < 1.29 is 12.8 Å². The van der Waals surface area contributed by atoms with Crippen LogP contribution in [0.5, 0.6) is 0 Å². The van der Waals surface area contributed by atoms with Crippen LogP contribution in [0.1, 0.15) is 16.9 Å². The summed E-state index contributed by atoms with van der Waals surface area (Å²) in [7, 11) is -2.10. The van der Waals surface area contributed by atoms with Gasteiger partial charge in [0.15, 0.2) is 4.67 Å². The number of hydrogen-bond acceptors (Lipinski definition) is 3. The van der Waals surface area contributed by atoms with Crippen molar-refractivity contribution in [2.45, 2.75) is 24.2 Å². The molecular weight excluding hydrogens is 378 g/mol. The molecule has 0 amide bonds. The third kappa shape index (κ3) is 3.69. The van der Waals surface area contributed by atoms with Crippen LogP contribution in [-0.4, -0.2) is 19.8 Å². The lowest BCUT2D eigenvalue weighted by atomic mass is 10.1. The molecule has 114 valence electrons. The van der Waals surface area contributed by atoms with Gasteiger partial charge in [0, 0.05) is 19.7 Å². The standard InChI is InChI=1S/C14H15BrClNO3S/c1-10-4-3-5-11(6-10)9-17(2)21(18,19)13-7-12(8-16)20-14(13)15/h3-7H,8-9H2,1-2H3. The first kappa shape index (κ1) is 16.5. The number of halogens is 2. The van der Waals surface area contributed by atoms with Gasteiger partial charge in [-0.2, -0.15) is 4.31 Å². The molecule has 0 radical (unpaired) electrons. The monoisotopic (exact) mass is 391 g/mol. The summed E-state index contributed by atoms with van der Waals surface area (Å²) in [6.45, 7) is 2.26. The maximum atomic E-state index is 12.6. The van der Waals surface area contributed by atoms with Gasteiger partial charge in [-0.3, -0.25) is 0 Å². The summed E-state index contributed by atoms with van der Waals surface area (Å²) in [6, 6.07) is 9.18. The molecule has 0 saturated carbocycles. The van der Waals surface area contributed by atoms with Crippen molar-refractivity contribution in [2.24, 2.45) is 0 Å². The van der Waals surface area contributed by atoms with E-state index in [2.05, 4.69) is 15.9 Å². The molecular formula is C14H15BrClNO3S. The molecule has 0 saturated heterocycles. The summed E-state index contributed by atoms with van der Waals surface area (Å²) >= 11 is 8.79. The largest absolute Gasteiger partial charge is 0.452 e. The summed E-state index contributed by atoms with van der Waals surface area (Å²) in [6.07, 6.45) is 0. The lowest BCUT2D eigenvalue weighted by Crippen LogP contribution is -2.26. The summed E-state index contributed by atoms with van der Waals surface area (Å²) in [5, 5.41) is 0.